The average Bonchev–Trinajstić information content (AvgIpc) is 2.33. The van der Waals surface area contributed by atoms with Gasteiger partial charge in [0.1, 0.15) is 12.1 Å². The molecule has 0 atom stereocenters. The molecule has 0 radical (unpaired) electrons. The summed E-state index contributed by atoms with van der Waals surface area (Å²) in [5.41, 5.74) is 0. The second-order valence-corrected chi connectivity index (χ2v) is 1.95. The van der Waals surface area contributed by atoms with Gasteiger partial charge in [0.2, 0.25) is 0 Å². The fourth-order valence-electron chi connectivity index (χ4n) is 0.890. The molecular formula is C6H7N3. The summed E-state index contributed by atoms with van der Waals surface area (Å²) in [5, 5.41) is 3.16. The Morgan fingerprint density at radius 2 is 2.67 bits per heavy atom. The van der Waals surface area contributed by atoms with E-state index in [0.717, 1.165) is 12.4 Å². The third-order valence-corrected chi connectivity index (χ3v) is 1.33. The predicted octanol–water partition coefficient (Wildman–Crippen LogP) is 0.779. The predicted molar refractivity (Wildman–Crippen MR) is 36.0 cm³/mol. The molecule has 0 spiro atoms. The van der Waals surface area contributed by atoms with Crippen molar-refractivity contribution in [3.05, 3.63) is 18.6 Å². The van der Waals surface area contributed by atoms with Crippen molar-refractivity contribution in [3.8, 4) is 0 Å². The van der Waals surface area contributed by atoms with Crippen molar-refractivity contribution >= 4 is 12.0 Å². The highest BCUT2D eigenvalue weighted by Gasteiger charge is 1.99. The van der Waals surface area contributed by atoms with Crippen molar-refractivity contribution < 1.29 is 0 Å². The molecule has 2 heterocycles. The molecule has 0 unspecified atom stereocenters. The Labute approximate surface area is 53.0 Å². The lowest BCUT2D eigenvalue weighted by Crippen LogP contribution is -2.06. The quantitative estimate of drug-likeness (QED) is 0.549. The highest BCUT2D eigenvalue weighted by molar-refractivity contribution is 5.47. The largest absolute Gasteiger partial charge is 0.366 e. The Balaban J connectivity index is 2.53. The van der Waals surface area contributed by atoms with Crippen LogP contribution in [0.15, 0.2) is 18.6 Å². The Morgan fingerprint density at radius 3 is 3.56 bits per heavy atom. The van der Waals surface area contributed by atoms with Crippen molar-refractivity contribution in [2.75, 3.05) is 11.9 Å². The minimum Gasteiger partial charge on any atom is -0.366 e. The topological polar surface area (TPSA) is 29.9 Å². The highest BCUT2D eigenvalue weighted by Crippen LogP contribution is 2.09. The first-order valence-electron chi connectivity index (χ1n) is 2.89. The van der Waals surface area contributed by atoms with Crippen molar-refractivity contribution in [3.63, 3.8) is 0 Å². The van der Waals surface area contributed by atoms with E-state index in [1.165, 1.54) is 0 Å². The Hall–Kier alpha value is -1.25. The second-order valence-electron chi connectivity index (χ2n) is 1.95. The molecular weight excluding hydrogens is 114 g/mol. The van der Waals surface area contributed by atoms with Gasteiger partial charge < -0.3 is 5.32 Å². The molecule has 0 amide bonds. The van der Waals surface area contributed by atoms with Crippen LogP contribution in [0, 0.1) is 0 Å². The van der Waals surface area contributed by atoms with E-state index >= 15 is 0 Å². The van der Waals surface area contributed by atoms with E-state index in [4.69, 9.17) is 0 Å². The summed E-state index contributed by atoms with van der Waals surface area (Å²) in [5.74, 6) is 1.07. The molecule has 0 fully saturated rings. The monoisotopic (exact) mass is 121 g/mol. The first-order chi connectivity index (χ1) is 4.47. The van der Waals surface area contributed by atoms with Crippen LogP contribution in [0.2, 0.25) is 0 Å². The van der Waals surface area contributed by atoms with Gasteiger partial charge in [-0.15, -0.1) is 0 Å². The van der Waals surface area contributed by atoms with Gasteiger partial charge in [0, 0.05) is 12.7 Å². The summed E-state index contributed by atoms with van der Waals surface area (Å²) < 4.78 is 1.95. The Morgan fingerprint density at radius 1 is 1.67 bits per heavy atom. The number of aromatic nitrogens is 2. The first-order valence-corrected chi connectivity index (χ1v) is 2.89. The zero-order valence-corrected chi connectivity index (χ0v) is 4.91. The maximum atomic E-state index is 3.95. The van der Waals surface area contributed by atoms with Crippen LogP contribution in [0.1, 0.15) is 0 Å². The van der Waals surface area contributed by atoms with E-state index in [9.17, 15) is 0 Å². The van der Waals surface area contributed by atoms with Crippen LogP contribution >= 0.6 is 0 Å². The minimum atomic E-state index is 0.908. The lowest BCUT2D eigenvalue weighted by Gasteiger charge is -2.08. The van der Waals surface area contributed by atoms with Crippen LogP contribution in [0.25, 0.3) is 6.20 Å². The number of anilines is 1. The summed E-state index contributed by atoms with van der Waals surface area (Å²) >= 11 is 0. The van der Waals surface area contributed by atoms with Crippen LogP contribution in [-0.2, 0) is 0 Å². The van der Waals surface area contributed by atoms with E-state index in [1.54, 1.807) is 6.33 Å². The number of nitrogens with one attached hydrogen (secondary N) is 1. The van der Waals surface area contributed by atoms with Gasteiger partial charge >= 0.3 is 0 Å². The van der Waals surface area contributed by atoms with Gasteiger partial charge in [-0.1, -0.05) is 0 Å². The number of nitrogens with zero attached hydrogens (tertiary/aromatic N) is 2. The zero-order valence-electron chi connectivity index (χ0n) is 4.91. The van der Waals surface area contributed by atoms with Gasteiger partial charge in [0.05, 0.1) is 6.20 Å². The molecule has 46 valence electrons. The maximum absolute atomic E-state index is 3.95. The molecule has 0 saturated carbocycles. The highest BCUT2D eigenvalue weighted by atomic mass is 15.2. The van der Waals surface area contributed by atoms with Crippen LogP contribution in [0.5, 0.6) is 0 Å². The van der Waals surface area contributed by atoms with Crippen molar-refractivity contribution in [1.82, 2.24) is 9.55 Å². The van der Waals surface area contributed by atoms with Crippen LogP contribution in [-0.4, -0.2) is 16.1 Å². The average molecular weight is 121 g/mol. The molecule has 1 aliphatic heterocycles. The Kier molecular flexibility index (Phi) is 0.828. The maximum Gasteiger partial charge on any atom is 0.130 e. The van der Waals surface area contributed by atoms with Crippen molar-refractivity contribution in [2.24, 2.45) is 0 Å². The van der Waals surface area contributed by atoms with Gasteiger partial charge in [-0.05, 0) is 6.08 Å². The standard InChI is InChI=1S/C6H7N3/c1-2-8-6-4-7-5-9(6)3-1/h1,3-5,8H,2H2. The van der Waals surface area contributed by atoms with E-state index in [0.29, 0.717) is 0 Å². The Bertz CT molecular complexity index is 236. The third kappa shape index (κ3) is 0.614. The zero-order chi connectivity index (χ0) is 6.10. The summed E-state index contributed by atoms with van der Waals surface area (Å²) in [4.78, 5) is 3.95. The van der Waals surface area contributed by atoms with E-state index in [-0.39, 0.29) is 0 Å². The molecule has 1 aliphatic rings. The molecule has 9 heavy (non-hydrogen) atoms. The molecule has 0 saturated heterocycles. The minimum absolute atomic E-state index is 0.908. The van der Waals surface area contributed by atoms with Crippen LogP contribution in [0.4, 0.5) is 5.82 Å². The fourth-order valence-corrected chi connectivity index (χ4v) is 0.890. The van der Waals surface area contributed by atoms with E-state index in [2.05, 4.69) is 16.4 Å². The number of rotatable bonds is 0. The van der Waals surface area contributed by atoms with Gasteiger partial charge in [-0.25, -0.2) is 4.98 Å². The first kappa shape index (κ1) is 4.61. The van der Waals surface area contributed by atoms with E-state index in [1.807, 2.05) is 17.0 Å². The van der Waals surface area contributed by atoms with E-state index < -0.39 is 0 Å². The molecule has 0 aromatic carbocycles. The lowest BCUT2D eigenvalue weighted by molar-refractivity contribution is 1.08. The van der Waals surface area contributed by atoms with Crippen molar-refractivity contribution in [2.45, 2.75) is 0 Å². The van der Waals surface area contributed by atoms with Gasteiger partial charge in [0.25, 0.3) is 0 Å². The summed E-state index contributed by atoms with van der Waals surface area (Å²) in [6.07, 6.45) is 7.63. The smallest absolute Gasteiger partial charge is 0.130 e. The number of fused-ring (bicyclic) bond motifs is 1. The third-order valence-electron chi connectivity index (χ3n) is 1.33. The molecule has 0 bridgehead atoms. The molecule has 3 heteroatoms. The van der Waals surface area contributed by atoms with Gasteiger partial charge in [-0.3, -0.25) is 4.57 Å². The fraction of sp³-hybridized carbons (Fsp3) is 0.167. The normalized spacial score (nSPS) is 14.7. The molecule has 1 aromatic heterocycles. The molecule has 1 aromatic rings. The summed E-state index contributed by atoms with van der Waals surface area (Å²) in [6.45, 7) is 0.908. The van der Waals surface area contributed by atoms with Gasteiger partial charge in [-0.2, -0.15) is 0 Å². The number of imidazole rings is 1. The van der Waals surface area contributed by atoms with Crippen molar-refractivity contribution in [1.29, 1.82) is 0 Å². The summed E-state index contributed by atoms with van der Waals surface area (Å²) in [7, 11) is 0. The number of hydrogen-bond donors (Lipinski definition) is 1. The van der Waals surface area contributed by atoms with Crippen LogP contribution < -0.4 is 5.32 Å². The molecule has 2 rings (SSSR count). The van der Waals surface area contributed by atoms with Gasteiger partial charge in [0.15, 0.2) is 0 Å². The molecule has 1 N–H and O–H groups in total. The molecule has 3 nitrogen and oxygen atoms in total. The SMILES string of the molecule is C1=Cn2cncc2NC1. The second kappa shape index (κ2) is 1.62. The lowest BCUT2D eigenvalue weighted by atomic mass is 10.5. The molecule has 0 aliphatic carbocycles. The number of hydrogen-bond acceptors (Lipinski definition) is 2. The summed E-state index contributed by atoms with van der Waals surface area (Å²) in [6, 6.07) is 0. The van der Waals surface area contributed by atoms with Crippen LogP contribution in [0.3, 0.4) is 0 Å².